The highest BCUT2D eigenvalue weighted by Crippen LogP contribution is 2.24. The number of rotatable bonds is 3. The Labute approximate surface area is 102 Å². The minimum Gasteiger partial charge on any atom is -0.465 e. The van der Waals surface area contributed by atoms with Gasteiger partial charge in [-0.1, -0.05) is 0 Å². The number of hydrogen-bond acceptors (Lipinski definition) is 5. The second kappa shape index (κ2) is 4.66. The maximum absolute atomic E-state index is 11.3. The minimum atomic E-state index is -0.615. The maximum Gasteiger partial charge on any atom is 0.338 e. The highest BCUT2D eigenvalue weighted by molar-refractivity contribution is 5.90. The first-order valence-electron chi connectivity index (χ1n) is 4.98. The molecular formula is C11H9N3O4. The van der Waals surface area contributed by atoms with Crippen molar-refractivity contribution in [2.45, 2.75) is 0 Å². The number of hydrogen-bond donors (Lipinski definition) is 0. The van der Waals surface area contributed by atoms with Crippen molar-refractivity contribution in [1.82, 2.24) is 9.55 Å². The molecule has 18 heavy (non-hydrogen) atoms. The molecule has 0 aliphatic heterocycles. The van der Waals surface area contributed by atoms with Gasteiger partial charge in [0.15, 0.2) is 0 Å². The molecule has 0 aliphatic rings. The topological polar surface area (TPSA) is 87.3 Å². The zero-order chi connectivity index (χ0) is 13.1. The first-order chi connectivity index (χ1) is 8.63. The fraction of sp³-hybridized carbons (Fsp3) is 0.0909. The SMILES string of the molecule is COC(=O)c1ccc(-n2ccnc2)c([N+](=O)[O-])c1. The van der Waals surface area contributed by atoms with Gasteiger partial charge in [0.25, 0.3) is 5.69 Å². The summed E-state index contributed by atoms with van der Waals surface area (Å²) < 4.78 is 6.02. The Morgan fingerprint density at radius 1 is 1.50 bits per heavy atom. The molecule has 0 radical (unpaired) electrons. The molecule has 0 amide bonds. The van der Waals surface area contributed by atoms with Crippen LogP contribution in [-0.4, -0.2) is 27.6 Å². The number of ether oxygens (including phenoxy) is 1. The van der Waals surface area contributed by atoms with Crippen LogP contribution >= 0.6 is 0 Å². The lowest BCUT2D eigenvalue weighted by atomic mass is 10.1. The van der Waals surface area contributed by atoms with Crippen LogP contribution in [0, 0.1) is 10.1 Å². The predicted molar refractivity (Wildman–Crippen MR) is 61.6 cm³/mol. The number of carbonyl (C=O) groups excluding carboxylic acids is 1. The number of nitro groups is 1. The third-order valence-electron chi connectivity index (χ3n) is 2.38. The van der Waals surface area contributed by atoms with Crippen LogP contribution in [0.4, 0.5) is 5.69 Å². The fourth-order valence-corrected chi connectivity index (χ4v) is 1.53. The van der Waals surface area contributed by atoms with Gasteiger partial charge in [0, 0.05) is 18.5 Å². The van der Waals surface area contributed by atoms with E-state index in [1.54, 1.807) is 6.20 Å². The molecule has 7 heteroatoms. The van der Waals surface area contributed by atoms with Crippen molar-refractivity contribution in [3.63, 3.8) is 0 Å². The smallest absolute Gasteiger partial charge is 0.338 e. The molecule has 0 bridgehead atoms. The van der Waals surface area contributed by atoms with Gasteiger partial charge < -0.3 is 9.30 Å². The van der Waals surface area contributed by atoms with E-state index in [0.29, 0.717) is 5.69 Å². The van der Waals surface area contributed by atoms with Gasteiger partial charge in [-0.25, -0.2) is 9.78 Å². The molecule has 0 saturated carbocycles. The number of methoxy groups -OCH3 is 1. The zero-order valence-corrected chi connectivity index (χ0v) is 9.44. The van der Waals surface area contributed by atoms with Gasteiger partial charge in [-0.3, -0.25) is 10.1 Å². The number of esters is 1. The third-order valence-corrected chi connectivity index (χ3v) is 2.38. The number of nitrogens with zero attached hydrogens (tertiary/aromatic N) is 3. The van der Waals surface area contributed by atoms with E-state index in [9.17, 15) is 14.9 Å². The summed E-state index contributed by atoms with van der Waals surface area (Å²) in [5.74, 6) is -0.615. The lowest BCUT2D eigenvalue weighted by Crippen LogP contribution is -2.04. The first-order valence-corrected chi connectivity index (χ1v) is 4.98. The summed E-state index contributed by atoms with van der Waals surface area (Å²) >= 11 is 0. The van der Waals surface area contributed by atoms with Gasteiger partial charge in [0.05, 0.1) is 23.9 Å². The van der Waals surface area contributed by atoms with Crippen molar-refractivity contribution in [3.05, 3.63) is 52.6 Å². The average Bonchev–Trinajstić information content (AvgIpc) is 2.90. The van der Waals surface area contributed by atoms with Gasteiger partial charge in [-0.15, -0.1) is 0 Å². The minimum absolute atomic E-state index is 0.132. The highest BCUT2D eigenvalue weighted by Gasteiger charge is 2.18. The second-order valence-electron chi connectivity index (χ2n) is 3.42. The first kappa shape index (κ1) is 11.8. The molecule has 0 unspecified atom stereocenters. The lowest BCUT2D eigenvalue weighted by molar-refractivity contribution is -0.384. The molecule has 7 nitrogen and oxygen atoms in total. The number of aromatic nitrogens is 2. The Kier molecular flexibility index (Phi) is 3.05. The van der Waals surface area contributed by atoms with Crippen LogP contribution in [0.15, 0.2) is 36.9 Å². The van der Waals surface area contributed by atoms with Crippen molar-refractivity contribution in [1.29, 1.82) is 0 Å². The van der Waals surface area contributed by atoms with Crippen molar-refractivity contribution < 1.29 is 14.5 Å². The molecule has 0 atom stereocenters. The molecule has 0 spiro atoms. The number of benzene rings is 1. The standard InChI is InChI=1S/C11H9N3O4/c1-18-11(15)8-2-3-9(10(6-8)14(16)17)13-5-4-12-7-13/h2-7H,1H3. The van der Waals surface area contributed by atoms with E-state index in [2.05, 4.69) is 9.72 Å². The Bertz CT molecular complexity index is 592. The van der Waals surface area contributed by atoms with Crippen LogP contribution in [-0.2, 0) is 4.74 Å². The van der Waals surface area contributed by atoms with E-state index in [1.807, 2.05) is 0 Å². The summed E-state index contributed by atoms with van der Waals surface area (Å²) in [5.41, 5.74) is 0.286. The molecule has 0 N–H and O–H groups in total. The van der Waals surface area contributed by atoms with Gasteiger partial charge in [-0.2, -0.15) is 0 Å². The maximum atomic E-state index is 11.3. The third kappa shape index (κ3) is 2.05. The summed E-state index contributed by atoms with van der Waals surface area (Å²) in [4.78, 5) is 25.6. The van der Waals surface area contributed by atoms with Crippen LogP contribution in [0.3, 0.4) is 0 Å². The number of carbonyl (C=O) groups is 1. The highest BCUT2D eigenvalue weighted by atomic mass is 16.6. The van der Waals surface area contributed by atoms with E-state index < -0.39 is 10.9 Å². The van der Waals surface area contributed by atoms with Gasteiger partial charge in [-0.05, 0) is 12.1 Å². The molecule has 2 rings (SSSR count). The zero-order valence-electron chi connectivity index (χ0n) is 9.44. The van der Waals surface area contributed by atoms with E-state index in [0.717, 1.165) is 0 Å². The monoisotopic (exact) mass is 247 g/mol. The molecule has 0 fully saturated rings. The largest absolute Gasteiger partial charge is 0.465 e. The fourth-order valence-electron chi connectivity index (χ4n) is 1.53. The van der Waals surface area contributed by atoms with Crippen LogP contribution in [0.1, 0.15) is 10.4 Å². The predicted octanol–water partition coefficient (Wildman–Crippen LogP) is 1.57. The Balaban J connectivity index is 2.55. The van der Waals surface area contributed by atoms with E-state index >= 15 is 0 Å². The summed E-state index contributed by atoms with van der Waals surface area (Å²) in [7, 11) is 1.22. The van der Waals surface area contributed by atoms with E-state index in [-0.39, 0.29) is 11.3 Å². The number of nitro benzene ring substituents is 1. The quantitative estimate of drug-likeness (QED) is 0.466. The summed E-state index contributed by atoms with van der Waals surface area (Å²) in [6.45, 7) is 0. The number of imidazole rings is 1. The summed E-state index contributed by atoms with van der Waals surface area (Å²) in [5, 5.41) is 11.0. The van der Waals surface area contributed by atoms with Crippen LogP contribution in [0.2, 0.25) is 0 Å². The molecule has 1 aromatic heterocycles. The Morgan fingerprint density at radius 2 is 2.28 bits per heavy atom. The molecule has 2 aromatic rings. The van der Waals surface area contributed by atoms with Crippen LogP contribution in [0.5, 0.6) is 0 Å². The summed E-state index contributed by atoms with van der Waals surface area (Å²) in [6, 6.07) is 4.13. The molecule has 92 valence electrons. The molecule has 1 heterocycles. The normalized spacial score (nSPS) is 10.1. The second-order valence-corrected chi connectivity index (χ2v) is 3.42. The van der Waals surface area contributed by atoms with Gasteiger partial charge >= 0.3 is 5.97 Å². The molecule has 0 aliphatic carbocycles. The summed E-state index contributed by atoms with van der Waals surface area (Å²) in [6.07, 6.45) is 4.54. The van der Waals surface area contributed by atoms with Gasteiger partial charge in [0.1, 0.15) is 5.69 Å². The molecule has 1 aromatic carbocycles. The van der Waals surface area contributed by atoms with E-state index in [4.69, 9.17) is 0 Å². The van der Waals surface area contributed by atoms with Crippen LogP contribution < -0.4 is 0 Å². The van der Waals surface area contributed by atoms with E-state index in [1.165, 1.54) is 42.4 Å². The van der Waals surface area contributed by atoms with Crippen molar-refractivity contribution >= 4 is 11.7 Å². The molecular weight excluding hydrogens is 238 g/mol. The van der Waals surface area contributed by atoms with Crippen LogP contribution in [0.25, 0.3) is 5.69 Å². The average molecular weight is 247 g/mol. The Hall–Kier alpha value is -2.70. The Morgan fingerprint density at radius 3 is 2.83 bits per heavy atom. The molecule has 0 saturated heterocycles. The van der Waals surface area contributed by atoms with Crippen molar-refractivity contribution in [2.24, 2.45) is 0 Å². The van der Waals surface area contributed by atoms with Crippen molar-refractivity contribution in [3.8, 4) is 5.69 Å². The lowest BCUT2D eigenvalue weighted by Gasteiger charge is -2.05. The van der Waals surface area contributed by atoms with Gasteiger partial charge in [0.2, 0.25) is 0 Å². The van der Waals surface area contributed by atoms with Crippen molar-refractivity contribution in [2.75, 3.05) is 7.11 Å².